The first-order valence-corrected chi connectivity index (χ1v) is 11.5. The van der Waals surface area contributed by atoms with E-state index in [0.717, 1.165) is 18.4 Å². The molecule has 0 radical (unpaired) electrons. The van der Waals surface area contributed by atoms with Gasteiger partial charge in [0.2, 0.25) is 15.9 Å². The Morgan fingerprint density at radius 1 is 1.38 bits per heavy atom. The molecule has 1 atom stereocenters. The molecule has 29 heavy (non-hydrogen) atoms. The van der Waals surface area contributed by atoms with Crippen LogP contribution in [-0.4, -0.2) is 43.0 Å². The van der Waals surface area contributed by atoms with Crippen LogP contribution in [0, 0.1) is 12.8 Å². The number of thiazole rings is 1. The van der Waals surface area contributed by atoms with E-state index in [1.807, 2.05) is 0 Å². The Kier molecular flexibility index (Phi) is 6.02. The van der Waals surface area contributed by atoms with Crippen molar-refractivity contribution in [3.05, 3.63) is 46.1 Å². The molecule has 3 rings (SSSR count). The Labute approximate surface area is 170 Å². The molecular weight excluding hydrogens is 427 g/mol. The van der Waals surface area contributed by atoms with Crippen LogP contribution in [0.5, 0.6) is 0 Å². The number of aromatic nitrogens is 1. The number of hydrogen-bond donors (Lipinski definition) is 1. The number of aryl methyl sites for hydroxylation is 1. The fraction of sp³-hybridized carbons (Fsp3) is 0.444. The third kappa shape index (κ3) is 5.34. The van der Waals surface area contributed by atoms with Crippen molar-refractivity contribution in [1.82, 2.24) is 9.29 Å². The van der Waals surface area contributed by atoms with Crippen molar-refractivity contribution in [2.24, 2.45) is 5.92 Å². The second kappa shape index (κ2) is 8.04. The molecule has 1 aromatic carbocycles. The standard InChI is InChI=1S/C18H20F3N3O3S2/c1-11-17(23-16(25)13-6-7-24(10-13)29(2,26)27)28-15(22-11)9-12-4-3-5-14(8-12)18(19,20)21/h3-5,8,13H,6-7,9-10H2,1-2H3,(H,23,25)/t13-/m0/s1. The van der Waals surface area contributed by atoms with E-state index in [2.05, 4.69) is 10.3 Å². The summed E-state index contributed by atoms with van der Waals surface area (Å²) in [5.74, 6) is -0.730. The molecule has 2 aromatic rings. The van der Waals surface area contributed by atoms with E-state index in [9.17, 15) is 26.4 Å². The maximum absolute atomic E-state index is 12.9. The number of sulfonamides is 1. The van der Waals surface area contributed by atoms with Gasteiger partial charge in [0.05, 0.1) is 28.4 Å². The molecule has 0 unspecified atom stereocenters. The van der Waals surface area contributed by atoms with Gasteiger partial charge in [-0.3, -0.25) is 4.79 Å². The van der Waals surface area contributed by atoms with Gasteiger partial charge in [0.15, 0.2) is 0 Å². The Morgan fingerprint density at radius 2 is 2.10 bits per heavy atom. The molecule has 0 spiro atoms. The number of nitrogens with zero attached hydrogens (tertiary/aromatic N) is 2. The highest BCUT2D eigenvalue weighted by Gasteiger charge is 2.33. The van der Waals surface area contributed by atoms with Crippen LogP contribution < -0.4 is 5.32 Å². The molecule has 6 nitrogen and oxygen atoms in total. The Bertz CT molecular complexity index is 1020. The third-order valence-corrected chi connectivity index (χ3v) is 7.02. The van der Waals surface area contributed by atoms with E-state index < -0.39 is 27.7 Å². The summed E-state index contributed by atoms with van der Waals surface area (Å²) in [5, 5.41) is 3.89. The summed E-state index contributed by atoms with van der Waals surface area (Å²) in [4.78, 5) is 16.8. The second-order valence-corrected chi connectivity index (χ2v) is 10.1. The smallest absolute Gasteiger partial charge is 0.316 e. The van der Waals surface area contributed by atoms with Crippen LogP contribution in [0.1, 0.15) is 28.2 Å². The molecule has 0 bridgehead atoms. The number of carbonyl (C=O) groups is 1. The monoisotopic (exact) mass is 447 g/mol. The molecule has 1 aliphatic heterocycles. The van der Waals surface area contributed by atoms with E-state index in [0.29, 0.717) is 34.2 Å². The molecule has 1 amide bonds. The Morgan fingerprint density at radius 3 is 2.72 bits per heavy atom. The van der Waals surface area contributed by atoms with Gasteiger partial charge in [0, 0.05) is 19.5 Å². The van der Waals surface area contributed by atoms with Gasteiger partial charge < -0.3 is 5.32 Å². The summed E-state index contributed by atoms with van der Waals surface area (Å²) in [6.45, 7) is 2.15. The van der Waals surface area contributed by atoms with E-state index in [4.69, 9.17) is 0 Å². The minimum Gasteiger partial charge on any atom is -0.316 e. The lowest BCUT2D eigenvalue weighted by atomic mass is 10.1. The van der Waals surface area contributed by atoms with Crippen LogP contribution in [0.4, 0.5) is 18.2 Å². The largest absolute Gasteiger partial charge is 0.416 e. The number of alkyl halides is 3. The van der Waals surface area contributed by atoms with E-state index in [1.54, 1.807) is 13.0 Å². The van der Waals surface area contributed by atoms with Gasteiger partial charge in [0.25, 0.3) is 0 Å². The van der Waals surface area contributed by atoms with Crippen molar-refractivity contribution in [2.45, 2.75) is 25.9 Å². The number of rotatable bonds is 5. The normalized spacial score (nSPS) is 18.2. The fourth-order valence-electron chi connectivity index (χ4n) is 3.13. The van der Waals surface area contributed by atoms with Crippen molar-refractivity contribution in [3.8, 4) is 0 Å². The summed E-state index contributed by atoms with van der Waals surface area (Å²) >= 11 is 1.20. The number of amides is 1. The number of halogens is 3. The first-order valence-electron chi connectivity index (χ1n) is 8.82. The maximum atomic E-state index is 12.9. The van der Waals surface area contributed by atoms with Crippen LogP contribution in [0.25, 0.3) is 0 Å². The summed E-state index contributed by atoms with van der Waals surface area (Å²) in [6, 6.07) is 5.06. The van der Waals surface area contributed by atoms with Crippen LogP contribution in [-0.2, 0) is 27.4 Å². The lowest BCUT2D eigenvalue weighted by Crippen LogP contribution is -2.30. The number of nitrogens with one attached hydrogen (secondary N) is 1. The van der Waals surface area contributed by atoms with Crippen LogP contribution in [0.2, 0.25) is 0 Å². The zero-order valence-corrected chi connectivity index (χ0v) is 17.4. The van der Waals surface area contributed by atoms with Crippen molar-refractivity contribution < 1.29 is 26.4 Å². The van der Waals surface area contributed by atoms with Gasteiger partial charge in [-0.25, -0.2) is 17.7 Å². The lowest BCUT2D eigenvalue weighted by molar-refractivity contribution is -0.137. The topological polar surface area (TPSA) is 79.4 Å². The Hall–Kier alpha value is -1.98. The van der Waals surface area contributed by atoms with Crippen molar-refractivity contribution in [2.75, 3.05) is 24.7 Å². The zero-order valence-electron chi connectivity index (χ0n) is 15.8. The summed E-state index contributed by atoms with van der Waals surface area (Å²) in [7, 11) is -3.33. The zero-order chi connectivity index (χ0) is 21.4. The van der Waals surface area contributed by atoms with Gasteiger partial charge in [-0.1, -0.05) is 18.2 Å². The molecular formula is C18H20F3N3O3S2. The molecule has 2 heterocycles. The van der Waals surface area contributed by atoms with Gasteiger partial charge >= 0.3 is 6.18 Å². The summed E-state index contributed by atoms with van der Waals surface area (Å²) in [6.07, 6.45) is -2.64. The van der Waals surface area contributed by atoms with Gasteiger partial charge in [-0.05, 0) is 25.0 Å². The molecule has 158 valence electrons. The van der Waals surface area contributed by atoms with Crippen molar-refractivity contribution in [3.63, 3.8) is 0 Å². The molecule has 0 saturated carbocycles. The maximum Gasteiger partial charge on any atom is 0.416 e. The predicted octanol–water partition coefficient (Wildman–Crippen LogP) is 3.28. The van der Waals surface area contributed by atoms with Crippen LogP contribution in [0.3, 0.4) is 0 Å². The summed E-state index contributed by atoms with van der Waals surface area (Å²) in [5.41, 5.74) is 0.336. The van der Waals surface area contributed by atoms with E-state index in [1.165, 1.54) is 21.7 Å². The molecule has 1 N–H and O–H groups in total. The molecule has 1 aromatic heterocycles. The van der Waals surface area contributed by atoms with Crippen LogP contribution in [0.15, 0.2) is 24.3 Å². The number of hydrogen-bond acceptors (Lipinski definition) is 5. The van der Waals surface area contributed by atoms with Gasteiger partial charge in [-0.15, -0.1) is 11.3 Å². The summed E-state index contributed by atoms with van der Waals surface area (Å²) < 4.78 is 63.1. The molecule has 1 fully saturated rings. The predicted molar refractivity (Wildman–Crippen MR) is 104 cm³/mol. The van der Waals surface area contributed by atoms with E-state index >= 15 is 0 Å². The second-order valence-electron chi connectivity index (χ2n) is 6.99. The van der Waals surface area contributed by atoms with Gasteiger partial charge in [0.1, 0.15) is 5.00 Å². The first kappa shape index (κ1) is 21.7. The minimum absolute atomic E-state index is 0.139. The highest BCUT2D eigenvalue weighted by Crippen LogP contribution is 2.31. The first-order chi connectivity index (χ1) is 13.4. The number of carbonyl (C=O) groups excluding carboxylic acids is 1. The fourth-order valence-corrected chi connectivity index (χ4v) is 5.02. The molecule has 1 aliphatic rings. The van der Waals surface area contributed by atoms with Crippen LogP contribution >= 0.6 is 11.3 Å². The molecule has 0 aliphatic carbocycles. The SMILES string of the molecule is Cc1nc(Cc2cccc(C(F)(F)F)c2)sc1NC(=O)[C@H]1CCN(S(C)(=O)=O)C1. The average Bonchev–Trinajstić information content (AvgIpc) is 3.22. The quantitative estimate of drug-likeness (QED) is 0.763. The Balaban J connectivity index is 1.67. The lowest BCUT2D eigenvalue weighted by Gasteiger charge is -2.13. The highest BCUT2D eigenvalue weighted by molar-refractivity contribution is 7.88. The van der Waals surface area contributed by atoms with Crippen molar-refractivity contribution >= 4 is 32.3 Å². The number of benzene rings is 1. The molecule has 11 heteroatoms. The third-order valence-electron chi connectivity index (χ3n) is 4.68. The highest BCUT2D eigenvalue weighted by atomic mass is 32.2. The molecule has 1 saturated heterocycles. The minimum atomic E-state index is -4.41. The van der Waals surface area contributed by atoms with E-state index in [-0.39, 0.29) is 18.9 Å². The van der Waals surface area contributed by atoms with Crippen molar-refractivity contribution in [1.29, 1.82) is 0 Å². The number of anilines is 1. The average molecular weight is 448 g/mol. The van der Waals surface area contributed by atoms with Gasteiger partial charge in [-0.2, -0.15) is 13.2 Å².